The van der Waals surface area contributed by atoms with E-state index in [9.17, 15) is 8.42 Å². The first-order valence-corrected chi connectivity index (χ1v) is 11.2. The van der Waals surface area contributed by atoms with Gasteiger partial charge in [0, 0.05) is 19.6 Å². The Bertz CT molecular complexity index is 938. The molecule has 2 aromatic rings. The predicted octanol–water partition coefficient (Wildman–Crippen LogP) is 3.47. The third-order valence-corrected chi connectivity index (χ3v) is 7.42. The second-order valence-electron chi connectivity index (χ2n) is 7.32. The summed E-state index contributed by atoms with van der Waals surface area (Å²) >= 11 is 0. The summed E-state index contributed by atoms with van der Waals surface area (Å²) in [7, 11) is -3.72. The Morgan fingerprint density at radius 2 is 1.82 bits per heavy atom. The van der Waals surface area contributed by atoms with Crippen molar-refractivity contribution in [1.29, 1.82) is 0 Å². The van der Waals surface area contributed by atoms with Crippen molar-refractivity contribution >= 4 is 15.7 Å². The number of nitrogens with zero attached hydrogens (tertiary/aromatic N) is 2. The maximum absolute atomic E-state index is 13.8. The summed E-state index contributed by atoms with van der Waals surface area (Å²) in [6.07, 6.45) is 4.41. The van der Waals surface area contributed by atoms with Crippen LogP contribution in [0.1, 0.15) is 18.4 Å². The minimum absolute atomic E-state index is 0.261. The smallest absolute Gasteiger partial charge is 0.249 e. The Hall–Kier alpha value is -2.31. The van der Waals surface area contributed by atoms with Gasteiger partial charge in [0.1, 0.15) is 17.3 Å². The van der Waals surface area contributed by atoms with Crippen LogP contribution in [0.25, 0.3) is 0 Å². The molecule has 1 fully saturated rings. The molecule has 2 aliphatic rings. The van der Waals surface area contributed by atoms with Crippen LogP contribution in [0.3, 0.4) is 0 Å². The molecular formula is C22H26N2O3S. The van der Waals surface area contributed by atoms with E-state index in [4.69, 9.17) is 4.74 Å². The Morgan fingerprint density at radius 1 is 1.07 bits per heavy atom. The van der Waals surface area contributed by atoms with Crippen molar-refractivity contribution in [1.82, 2.24) is 4.31 Å². The van der Waals surface area contributed by atoms with Crippen molar-refractivity contribution in [3.8, 4) is 5.75 Å². The predicted molar refractivity (Wildman–Crippen MR) is 111 cm³/mol. The van der Waals surface area contributed by atoms with Crippen molar-refractivity contribution < 1.29 is 13.2 Å². The zero-order valence-electron chi connectivity index (χ0n) is 16.0. The maximum Gasteiger partial charge on any atom is 0.249 e. The van der Waals surface area contributed by atoms with Gasteiger partial charge in [-0.25, -0.2) is 8.42 Å². The molecule has 0 saturated carbocycles. The molecule has 2 heterocycles. The summed E-state index contributed by atoms with van der Waals surface area (Å²) in [5.74, 6) is 0.453. The first-order chi connectivity index (χ1) is 13.6. The SMILES string of the molecule is C=CCN1[C@H](Cc2ccccc2)COc2cccc(N3CCCC3)c2S1(=O)=O. The minimum Gasteiger partial charge on any atom is -0.490 e. The van der Waals surface area contributed by atoms with E-state index >= 15 is 0 Å². The lowest BCUT2D eigenvalue weighted by molar-refractivity contribution is 0.219. The van der Waals surface area contributed by atoms with E-state index < -0.39 is 10.0 Å². The van der Waals surface area contributed by atoms with Crippen LogP contribution >= 0.6 is 0 Å². The molecule has 0 aliphatic carbocycles. The third-order valence-electron chi connectivity index (χ3n) is 5.43. The van der Waals surface area contributed by atoms with Crippen molar-refractivity contribution in [2.24, 2.45) is 0 Å². The van der Waals surface area contributed by atoms with Crippen LogP contribution in [0.15, 0.2) is 66.1 Å². The zero-order valence-corrected chi connectivity index (χ0v) is 16.8. The van der Waals surface area contributed by atoms with Gasteiger partial charge in [-0.05, 0) is 37.0 Å². The number of fused-ring (bicyclic) bond motifs is 1. The molecular weight excluding hydrogens is 372 g/mol. The lowest BCUT2D eigenvalue weighted by Crippen LogP contribution is -2.43. The van der Waals surface area contributed by atoms with Crippen LogP contribution in [-0.2, 0) is 16.4 Å². The van der Waals surface area contributed by atoms with E-state index in [2.05, 4.69) is 11.5 Å². The van der Waals surface area contributed by atoms with Gasteiger partial charge in [0.2, 0.25) is 10.0 Å². The number of benzene rings is 2. The lowest BCUT2D eigenvalue weighted by atomic mass is 10.1. The second-order valence-corrected chi connectivity index (χ2v) is 9.14. The van der Waals surface area contributed by atoms with Crippen LogP contribution in [0.2, 0.25) is 0 Å². The highest BCUT2D eigenvalue weighted by Crippen LogP contribution is 2.40. The molecule has 0 N–H and O–H groups in total. The minimum atomic E-state index is -3.72. The van der Waals surface area contributed by atoms with Gasteiger partial charge in [-0.15, -0.1) is 6.58 Å². The summed E-state index contributed by atoms with van der Waals surface area (Å²) < 4.78 is 35.1. The van der Waals surface area contributed by atoms with E-state index in [-0.39, 0.29) is 12.6 Å². The molecule has 0 bridgehead atoms. The van der Waals surface area contributed by atoms with Gasteiger partial charge in [0.05, 0.1) is 11.7 Å². The Morgan fingerprint density at radius 3 is 2.54 bits per heavy atom. The first-order valence-electron chi connectivity index (χ1n) is 9.78. The molecule has 148 valence electrons. The lowest BCUT2D eigenvalue weighted by Gasteiger charge is -2.28. The maximum atomic E-state index is 13.8. The van der Waals surface area contributed by atoms with Gasteiger partial charge < -0.3 is 9.64 Å². The molecule has 0 aromatic heterocycles. The Kier molecular flexibility index (Phi) is 5.42. The fourth-order valence-corrected chi connectivity index (χ4v) is 5.99. The van der Waals surface area contributed by atoms with Gasteiger partial charge in [-0.3, -0.25) is 0 Å². The van der Waals surface area contributed by atoms with Crippen molar-refractivity contribution in [2.45, 2.75) is 30.2 Å². The highest BCUT2D eigenvalue weighted by Gasteiger charge is 2.39. The first kappa shape index (κ1) is 19.0. The molecule has 2 aliphatic heterocycles. The Balaban J connectivity index is 1.77. The normalized spacial score (nSPS) is 21.6. The van der Waals surface area contributed by atoms with E-state index in [0.29, 0.717) is 23.7 Å². The zero-order chi connectivity index (χ0) is 19.6. The number of sulfonamides is 1. The van der Waals surface area contributed by atoms with Crippen molar-refractivity contribution in [2.75, 3.05) is 31.1 Å². The number of hydrogen-bond acceptors (Lipinski definition) is 4. The Labute approximate surface area is 167 Å². The summed E-state index contributed by atoms with van der Waals surface area (Å²) in [5, 5.41) is 0. The molecule has 28 heavy (non-hydrogen) atoms. The summed E-state index contributed by atoms with van der Waals surface area (Å²) in [6, 6.07) is 15.2. The average molecular weight is 399 g/mol. The van der Waals surface area contributed by atoms with Crippen molar-refractivity contribution in [3.63, 3.8) is 0 Å². The quantitative estimate of drug-likeness (QED) is 0.724. The molecule has 5 nitrogen and oxygen atoms in total. The van der Waals surface area contributed by atoms with Crippen LogP contribution < -0.4 is 9.64 Å². The summed E-state index contributed by atoms with van der Waals surface area (Å²) in [4.78, 5) is 2.46. The van der Waals surface area contributed by atoms with E-state index in [0.717, 1.165) is 37.2 Å². The molecule has 1 saturated heterocycles. The third kappa shape index (κ3) is 3.54. The van der Waals surface area contributed by atoms with E-state index in [1.807, 2.05) is 42.5 Å². The number of anilines is 1. The molecule has 1 atom stereocenters. The monoisotopic (exact) mass is 398 g/mol. The molecule has 2 aromatic carbocycles. The largest absolute Gasteiger partial charge is 0.490 e. The molecule has 0 spiro atoms. The second kappa shape index (κ2) is 7.97. The number of ether oxygens (including phenoxy) is 1. The van der Waals surface area contributed by atoms with Gasteiger partial charge in [-0.1, -0.05) is 42.5 Å². The van der Waals surface area contributed by atoms with Gasteiger partial charge >= 0.3 is 0 Å². The molecule has 0 amide bonds. The number of rotatable bonds is 5. The average Bonchev–Trinajstić information content (AvgIpc) is 3.21. The van der Waals surface area contributed by atoms with Crippen LogP contribution in [0.4, 0.5) is 5.69 Å². The number of hydrogen-bond donors (Lipinski definition) is 0. The van der Waals surface area contributed by atoms with Crippen LogP contribution in [-0.4, -0.2) is 45.0 Å². The highest BCUT2D eigenvalue weighted by atomic mass is 32.2. The molecule has 6 heteroatoms. The van der Waals surface area contributed by atoms with Crippen molar-refractivity contribution in [3.05, 3.63) is 66.7 Å². The summed E-state index contributed by atoms with van der Waals surface area (Å²) in [6.45, 7) is 6.12. The van der Waals surface area contributed by atoms with E-state index in [1.165, 1.54) is 0 Å². The fourth-order valence-electron chi connectivity index (χ4n) is 4.09. The topological polar surface area (TPSA) is 49.9 Å². The van der Waals surface area contributed by atoms with Crippen LogP contribution in [0.5, 0.6) is 5.75 Å². The van der Waals surface area contributed by atoms with Gasteiger partial charge in [-0.2, -0.15) is 4.31 Å². The van der Waals surface area contributed by atoms with Gasteiger partial charge in [0.25, 0.3) is 0 Å². The fraction of sp³-hybridized carbons (Fsp3) is 0.364. The molecule has 0 radical (unpaired) electrons. The summed E-state index contributed by atoms with van der Waals surface area (Å²) in [5.41, 5.74) is 1.84. The van der Waals surface area contributed by atoms with Crippen LogP contribution in [0, 0.1) is 0 Å². The molecule has 4 rings (SSSR count). The van der Waals surface area contributed by atoms with E-state index in [1.54, 1.807) is 16.4 Å². The molecule has 0 unspecified atom stereocenters. The van der Waals surface area contributed by atoms with Gasteiger partial charge in [0.15, 0.2) is 0 Å². The standard InChI is InChI=1S/C22H26N2O3S/c1-2-13-24-19(16-18-9-4-3-5-10-18)17-27-21-12-8-11-20(22(21)28(24,25)26)23-14-6-7-15-23/h2-5,8-12,19H,1,6-7,13-17H2/t19-/m1/s1. The highest BCUT2D eigenvalue weighted by molar-refractivity contribution is 7.89.